The van der Waals surface area contributed by atoms with E-state index in [0.717, 1.165) is 17.7 Å². The first-order chi connectivity index (χ1) is 7.59. The van der Waals surface area contributed by atoms with E-state index in [1.54, 1.807) is 7.11 Å². The van der Waals surface area contributed by atoms with E-state index < -0.39 is 0 Å². The van der Waals surface area contributed by atoms with Crippen LogP contribution in [-0.2, 0) is 11.2 Å². The van der Waals surface area contributed by atoms with Gasteiger partial charge in [-0.25, -0.2) is 0 Å². The number of methoxy groups -OCH3 is 1. The Hall–Kier alpha value is -1.06. The van der Waals surface area contributed by atoms with E-state index >= 15 is 0 Å². The van der Waals surface area contributed by atoms with Crippen molar-refractivity contribution in [2.24, 2.45) is 5.73 Å². The maximum absolute atomic E-state index is 6.18. The SMILES string of the molecule is CCOCC(C)(N)Cc1ccccc1OC. The Balaban J connectivity index is 2.71. The molecule has 1 rings (SSSR count). The van der Waals surface area contributed by atoms with Gasteiger partial charge in [-0.3, -0.25) is 0 Å². The lowest BCUT2D eigenvalue weighted by Gasteiger charge is -2.25. The van der Waals surface area contributed by atoms with Crippen molar-refractivity contribution in [1.29, 1.82) is 0 Å². The minimum Gasteiger partial charge on any atom is -0.496 e. The molecule has 3 nitrogen and oxygen atoms in total. The van der Waals surface area contributed by atoms with Crippen LogP contribution in [-0.4, -0.2) is 25.9 Å². The van der Waals surface area contributed by atoms with E-state index in [9.17, 15) is 0 Å². The normalized spacial score (nSPS) is 14.5. The van der Waals surface area contributed by atoms with Gasteiger partial charge >= 0.3 is 0 Å². The molecule has 1 aromatic carbocycles. The van der Waals surface area contributed by atoms with Crippen molar-refractivity contribution >= 4 is 0 Å². The zero-order valence-electron chi connectivity index (χ0n) is 10.3. The monoisotopic (exact) mass is 223 g/mol. The molecule has 1 atom stereocenters. The molecule has 0 amide bonds. The third kappa shape index (κ3) is 3.83. The fourth-order valence-corrected chi connectivity index (χ4v) is 1.67. The Morgan fingerprint density at radius 1 is 1.31 bits per heavy atom. The smallest absolute Gasteiger partial charge is 0.122 e. The topological polar surface area (TPSA) is 44.5 Å². The van der Waals surface area contributed by atoms with E-state index in [2.05, 4.69) is 0 Å². The third-order valence-corrected chi connectivity index (χ3v) is 2.42. The van der Waals surface area contributed by atoms with E-state index in [4.69, 9.17) is 15.2 Å². The number of rotatable bonds is 6. The van der Waals surface area contributed by atoms with Crippen LogP contribution in [0.4, 0.5) is 0 Å². The molecular formula is C13H21NO2. The van der Waals surface area contributed by atoms with Crippen LogP contribution >= 0.6 is 0 Å². The molecule has 16 heavy (non-hydrogen) atoms. The van der Waals surface area contributed by atoms with Crippen molar-refractivity contribution in [3.8, 4) is 5.75 Å². The van der Waals surface area contributed by atoms with Gasteiger partial charge in [0.2, 0.25) is 0 Å². The van der Waals surface area contributed by atoms with Crippen LogP contribution in [0.1, 0.15) is 19.4 Å². The van der Waals surface area contributed by atoms with Crippen LogP contribution in [0, 0.1) is 0 Å². The van der Waals surface area contributed by atoms with E-state index in [0.29, 0.717) is 13.2 Å². The Morgan fingerprint density at radius 3 is 2.62 bits per heavy atom. The predicted octanol–water partition coefficient (Wildman–Crippen LogP) is 1.99. The highest BCUT2D eigenvalue weighted by molar-refractivity contribution is 5.34. The lowest BCUT2D eigenvalue weighted by molar-refractivity contribution is 0.101. The first kappa shape index (κ1) is 13.0. The van der Waals surface area contributed by atoms with Gasteiger partial charge in [0.25, 0.3) is 0 Å². The minimum absolute atomic E-state index is 0.357. The first-order valence-electron chi connectivity index (χ1n) is 5.57. The maximum atomic E-state index is 6.18. The predicted molar refractivity (Wildman–Crippen MR) is 65.8 cm³/mol. The summed E-state index contributed by atoms with van der Waals surface area (Å²) in [5, 5.41) is 0. The number of benzene rings is 1. The number of ether oxygens (including phenoxy) is 2. The Bertz CT molecular complexity index is 323. The van der Waals surface area contributed by atoms with Gasteiger partial charge in [-0.15, -0.1) is 0 Å². The summed E-state index contributed by atoms with van der Waals surface area (Å²) in [6.07, 6.45) is 0.747. The highest BCUT2D eigenvalue weighted by Crippen LogP contribution is 2.21. The molecule has 2 N–H and O–H groups in total. The van der Waals surface area contributed by atoms with Crippen molar-refractivity contribution in [2.45, 2.75) is 25.8 Å². The van der Waals surface area contributed by atoms with Gasteiger partial charge in [0, 0.05) is 12.1 Å². The summed E-state index contributed by atoms with van der Waals surface area (Å²) in [7, 11) is 1.68. The molecule has 90 valence electrons. The molecule has 1 aromatic rings. The van der Waals surface area contributed by atoms with Gasteiger partial charge in [0.1, 0.15) is 5.75 Å². The van der Waals surface area contributed by atoms with Gasteiger partial charge in [0.05, 0.1) is 13.7 Å². The lowest BCUT2D eigenvalue weighted by atomic mass is 9.94. The molecule has 3 heteroatoms. The van der Waals surface area contributed by atoms with Crippen LogP contribution in [0.5, 0.6) is 5.75 Å². The summed E-state index contributed by atoms with van der Waals surface area (Å²) < 4.78 is 10.7. The molecule has 0 aliphatic rings. The summed E-state index contributed by atoms with van der Waals surface area (Å²) in [6, 6.07) is 7.94. The molecule has 0 aliphatic carbocycles. The Kier molecular flexibility index (Phi) is 4.77. The van der Waals surface area contributed by atoms with Gasteiger partial charge in [-0.2, -0.15) is 0 Å². The van der Waals surface area contributed by atoms with E-state index in [1.807, 2.05) is 38.1 Å². The van der Waals surface area contributed by atoms with Crippen molar-refractivity contribution in [1.82, 2.24) is 0 Å². The fourth-order valence-electron chi connectivity index (χ4n) is 1.67. The standard InChI is InChI=1S/C13H21NO2/c1-4-16-10-13(2,14)9-11-7-5-6-8-12(11)15-3/h5-8H,4,9-10,14H2,1-3H3. The van der Waals surface area contributed by atoms with Crippen LogP contribution < -0.4 is 10.5 Å². The molecule has 0 heterocycles. The van der Waals surface area contributed by atoms with Gasteiger partial charge in [-0.1, -0.05) is 18.2 Å². The molecule has 0 fully saturated rings. The summed E-state index contributed by atoms with van der Waals surface area (Å²) in [5.74, 6) is 0.885. The van der Waals surface area contributed by atoms with E-state index in [1.165, 1.54) is 0 Å². The second-order valence-corrected chi connectivity index (χ2v) is 4.28. The molecular weight excluding hydrogens is 202 g/mol. The maximum Gasteiger partial charge on any atom is 0.122 e. The van der Waals surface area contributed by atoms with Crippen molar-refractivity contribution in [3.05, 3.63) is 29.8 Å². The molecule has 0 aromatic heterocycles. The quantitative estimate of drug-likeness (QED) is 0.802. The average molecular weight is 223 g/mol. The van der Waals surface area contributed by atoms with Crippen LogP contribution in [0.3, 0.4) is 0 Å². The van der Waals surface area contributed by atoms with E-state index in [-0.39, 0.29) is 5.54 Å². The zero-order valence-corrected chi connectivity index (χ0v) is 10.3. The van der Waals surface area contributed by atoms with Crippen LogP contribution in [0.2, 0.25) is 0 Å². The van der Waals surface area contributed by atoms with Crippen molar-refractivity contribution in [3.63, 3.8) is 0 Å². The van der Waals surface area contributed by atoms with Crippen molar-refractivity contribution in [2.75, 3.05) is 20.3 Å². The van der Waals surface area contributed by atoms with Gasteiger partial charge in [0.15, 0.2) is 0 Å². The second-order valence-electron chi connectivity index (χ2n) is 4.28. The van der Waals surface area contributed by atoms with Crippen LogP contribution in [0.15, 0.2) is 24.3 Å². The average Bonchev–Trinajstić information content (AvgIpc) is 2.27. The van der Waals surface area contributed by atoms with Gasteiger partial charge in [-0.05, 0) is 31.9 Å². The van der Waals surface area contributed by atoms with Crippen LogP contribution in [0.25, 0.3) is 0 Å². The summed E-state index contributed by atoms with van der Waals surface area (Å²) in [5.41, 5.74) is 6.94. The number of nitrogens with two attached hydrogens (primary N) is 1. The molecule has 0 saturated carbocycles. The molecule has 1 unspecified atom stereocenters. The fraction of sp³-hybridized carbons (Fsp3) is 0.538. The number of para-hydroxylation sites is 1. The molecule has 0 aliphatic heterocycles. The molecule has 0 bridgehead atoms. The summed E-state index contributed by atoms with van der Waals surface area (Å²) >= 11 is 0. The Morgan fingerprint density at radius 2 is 2.00 bits per heavy atom. The highest BCUT2D eigenvalue weighted by Gasteiger charge is 2.20. The first-order valence-corrected chi connectivity index (χ1v) is 5.57. The van der Waals surface area contributed by atoms with Crippen molar-refractivity contribution < 1.29 is 9.47 Å². The summed E-state index contributed by atoms with van der Waals surface area (Å²) in [6.45, 7) is 5.22. The molecule has 0 saturated heterocycles. The van der Waals surface area contributed by atoms with Gasteiger partial charge < -0.3 is 15.2 Å². The minimum atomic E-state index is -0.357. The third-order valence-electron chi connectivity index (χ3n) is 2.42. The second kappa shape index (κ2) is 5.87. The number of hydrogen-bond acceptors (Lipinski definition) is 3. The Labute approximate surface area is 97.6 Å². The number of hydrogen-bond donors (Lipinski definition) is 1. The molecule has 0 spiro atoms. The highest BCUT2D eigenvalue weighted by atomic mass is 16.5. The molecule has 0 radical (unpaired) electrons. The summed E-state index contributed by atoms with van der Waals surface area (Å²) in [4.78, 5) is 0. The zero-order chi connectivity index (χ0) is 12.0. The lowest BCUT2D eigenvalue weighted by Crippen LogP contribution is -2.43. The largest absolute Gasteiger partial charge is 0.496 e.